The number of carbonyl (C=O) groups excluding carboxylic acids is 1. The third kappa shape index (κ3) is 3.13. The van der Waals surface area contributed by atoms with E-state index in [1.165, 1.54) is 0 Å². The maximum absolute atomic E-state index is 12.2. The van der Waals surface area contributed by atoms with Crippen LogP contribution < -0.4 is 10.6 Å². The number of nitrogens with zero attached hydrogens (tertiary/aromatic N) is 1. The van der Waals surface area contributed by atoms with Gasteiger partial charge in [0.15, 0.2) is 5.82 Å². The average Bonchev–Trinajstić information content (AvgIpc) is 2.87. The number of anilines is 2. The normalized spacial score (nSPS) is 10.2. The second kappa shape index (κ2) is 6.04. The van der Waals surface area contributed by atoms with Crippen LogP contribution in [0.5, 0.6) is 0 Å². The Morgan fingerprint density at radius 3 is 2.79 bits per heavy atom. The van der Waals surface area contributed by atoms with E-state index < -0.39 is 0 Å². The molecular weight excluding hydrogens is 240 g/mol. The number of nitrogens with one attached hydrogen (secondary N) is 3. The minimum Gasteiger partial charge on any atom is -0.385 e. The van der Waals surface area contributed by atoms with Gasteiger partial charge in [0.25, 0.3) is 5.91 Å². The highest BCUT2D eigenvalue weighted by Crippen LogP contribution is 2.16. The van der Waals surface area contributed by atoms with E-state index in [4.69, 9.17) is 0 Å². The molecule has 1 amide bonds. The fraction of sp³-hybridized carbons (Fsp3) is 0.286. The van der Waals surface area contributed by atoms with Gasteiger partial charge in [0.1, 0.15) is 0 Å². The van der Waals surface area contributed by atoms with Crippen LogP contribution in [0.3, 0.4) is 0 Å². The standard InChI is InChI=1S/C14H18N4O/c1-3-10-9-13(18-17-10)16-14(19)11-7-5-6-8-12(11)15-4-2/h5-9,15H,3-4H2,1-2H3,(H2,16,17,18,19). The first kappa shape index (κ1) is 13.1. The van der Waals surface area contributed by atoms with Crippen molar-refractivity contribution in [3.05, 3.63) is 41.6 Å². The molecule has 5 heteroatoms. The minimum absolute atomic E-state index is 0.161. The lowest BCUT2D eigenvalue weighted by molar-refractivity contribution is 0.102. The number of para-hydroxylation sites is 1. The number of rotatable bonds is 5. The molecule has 2 aromatic rings. The van der Waals surface area contributed by atoms with Crippen molar-refractivity contribution in [2.24, 2.45) is 0 Å². The molecule has 2 rings (SSSR count). The molecule has 0 fully saturated rings. The molecule has 0 aliphatic heterocycles. The third-order valence-corrected chi connectivity index (χ3v) is 2.79. The summed E-state index contributed by atoms with van der Waals surface area (Å²) in [5.74, 6) is 0.388. The Morgan fingerprint density at radius 2 is 2.11 bits per heavy atom. The van der Waals surface area contributed by atoms with Crippen LogP contribution in [0.25, 0.3) is 0 Å². The lowest BCUT2D eigenvalue weighted by Gasteiger charge is -2.09. The zero-order valence-corrected chi connectivity index (χ0v) is 11.2. The summed E-state index contributed by atoms with van der Waals surface area (Å²) in [6.07, 6.45) is 0.858. The second-order valence-corrected chi connectivity index (χ2v) is 4.16. The molecule has 1 aromatic carbocycles. The first-order valence-corrected chi connectivity index (χ1v) is 6.43. The number of aryl methyl sites for hydroxylation is 1. The van der Waals surface area contributed by atoms with Crippen LogP contribution in [0.2, 0.25) is 0 Å². The highest BCUT2D eigenvalue weighted by molar-refractivity contribution is 6.07. The molecule has 0 radical (unpaired) electrons. The number of hydrogen-bond acceptors (Lipinski definition) is 3. The quantitative estimate of drug-likeness (QED) is 0.772. The summed E-state index contributed by atoms with van der Waals surface area (Å²) < 4.78 is 0. The number of aromatic amines is 1. The topological polar surface area (TPSA) is 69.8 Å². The van der Waals surface area contributed by atoms with Crippen LogP contribution in [0.4, 0.5) is 11.5 Å². The van der Waals surface area contributed by atoms with E-state index >= 15 is 0 Å². The summed E-state index contributed by atoms with van der Waals surface area (Å²) in [6.45, 7) is 4.79. The number of H-pyrrole nitrogens is 1. The fourth-order valence-electron chi connectivity index (χ4n) is 1.82. The zero-order chi connectivity index (χ0) is 13.7. The molecule has 1 aromatic heterocycles. The van der Waals surface area contributed by atoms with Gasteiger partial charge in [0.2, 0.25) is 0 Å². The molecule has 0 saturated carbocycles. The first-order valence-electron chi connectivity index (χ1n) is 6.43. The van der Waals surface area contributed by atoms with Gasteiger partial charge in [-0.15, -0.1) is 0 Å². The molecule has 0 aliphatic carbocycles. The summed E-state index contributed by atoms with van der Waals surface area (Å²) in [5, 5.41) is 12.9. The summed E-state index contributed by atoms with van der Waals surface area (Å²) in [4.78, 5) is 12.2. The molecule has 0 atom stereocenters. The van der Waals surface area contributed by atoms with E-state index in [-0.39, 0.29) is 5.91 Å². The maximum atomic E-state index is 12.2. The van der Waals surface area contributed by atoms with Gasteiger partial charge in [-0.05, 0) is 25.5 Å². The highest BCUT2D eigenvalue weighted by Gasteiger charge is 2.11. The van der Waals surface area contributed by atoms with Gasteiger partial charge in [0, 0.05) is 24.0 Å². The molecule has 3 N–H and O–H groups in total. The predicted molar refractivity (Wildman–Crippen MR) is 76.5 cm³/mol. The van der Waals surface area contributed by atoms with Crippen molar-refractivity contribution < 1.29 is 4.79 Å². The van der Waals surface area contributed by atoms with Crippen LogP contribution in [0.1, 0.15) is 29.9 Å². The second-order valence-electron chi connectivity index (χ2n) is 4.16. The Kier molecular flexibility index (Phi) is 4.18. The van der Waals surface area contributed by atoms with Gasteiger partial charge in [0.05, 0.1) is 5.56 Å². The summed E-state index contributed by atoms with van der Waals surface area (Å²) in [5.41, 5.74) is 2.44. The Hall–Kier alpha value is -2.30. The molecular formula is C14H18N4O. The Bertz CT molecular complexity index is 562. The number of aromatic nitrogens is 2. The van der Waals surface area contributed by atoms with Crippen molar-refractivity contribution in [2.75, 3.05) is 17.2 Å². The fourth-order valence-corrected chi connectivity index (χ4v) is 1.82. The molecule has 19 heavy (non-hydrogen) atoms. The van der Waals surface area contributed by atoms with Crippen molar-refractivity contribution in [3.63, 3.8) is 0 Å². The summed E-state index contributed by atoms with van der Waals surface area (Å²) in [7, 11) is 0. The molecule has 0 unspecified atom stereocenters. The Balaban J connectivity index is 2.15. The van der Waals surface area contributed by atoms with E-state index in [2.05, 4.69) is 20.8 Å². The summed E-state index contributed by atoms with van der Waals surface area (Å²) >= 11 is 0. The molecule has 0 spiro atoms. The van der Waals surface area contributed by atoms with Crippen molar-refractivity contribution in [1.82, 2.24) is 10.2 Å². The van der Waals surface area contributed by atoms with Crippen LogP contribution in [0, 0.1) is 0 Å². The minimum atomic E-state index is -0.161. The van der Waals surface area contributed by atoms with E-state index in [9.17, 15) is 4.79 Å². The highest BCUT2D eigenvalue weighted by atomic mass is 16.1. The number of hydrogen-bond donors (Lipinski definition) is 3. The number of carbonyl (C=O) groups is 1. The average molecular weight is 258 g/mol. The van der Waals surface area contributed by atoms with E-state index in [1.54, 1.807) is 6.07 Å². The number of benzene rings is 1. The van der Waals surface area contributed by atoms with Crippen molar-refractivity contribution in [2.45, 2.75) is 20.3 Å². The number of amides is 1. The van der Waals surface area contributed by atoms with Crippen molar-refractivity contribution in [3.8, 4) is 0 Å². The van der Waals surface area contributed by atoms with Crippen LogP contribution in [-0.2, 0) is 6.42 Å². The van der Waals surface area contributed by atoms with Crippen LogP contribution >= 0.6 is 0 Å². The maximum Gasteiger partial charge on any atom is 0.258 e. The van der Waals surface area contributed by atoms with Gasteiger partial charge in [-0.1, -0.05) is 19.1 Å². The van der Waals surface area contributed by atoms with Crippen molar-refractivity contribution >= 4 is 17.4 Å². The van der Waals surface area contributed by atoms with Gasteiger partial charge >= 0.3 is 0 Å². The van der Waals surface area contributed by atoms with E-state index in [1.807, 2.05) is 38.1 Å². The Morgan fingerprint density at radius 1 is 1.32 bits per heavy atom. The molecule has 100 valence electrons. The largest absolute Gasteiger partial charge is 0.385 e. The van der Waals surface area contributed by atoms with Crippen molar-refractivity contribution in [1.29, 1.82) is 0 Å². The lowest BCUT2D eigenvalue weighted by Crippen LogP contribution is -2.15. The van der Waals surface area contributed by atoms with Gasteiger partial charge in [-0.25, -0.2) is 0 Å². The molecule has 0 bridgehead atoms. The van der Waals surface area contributed by atoms with Crippen LogP contribution in [0.15, 0.2) is 30.3 Å². The van der Waals surface area contributed by atoms with Gasteiger partial charge in [-0.2, -0.15) is 5.10 Å². The summed E-state index contributed by atoms with van der Waals surface area (Å²) in [6, 6.07) is 9.27. The van der Waals surface area contributed by atoms with E-state index in [0.717, 1.165) is 24.3 Å². The smallest absolute Gasteiger partial charge is 0.258 e. The lowest BCUT2D eigenvalue weighted by atomic mass is 10.1. The SMILES string of the molecule is CCNc1ccccc1C(=O)Nc1cc(CC)[nH]n1. The Labute approximate surface area is 112 Å². The zero-order valence-electron chi connectivity index (χ0n) is 11.2. The molecule has 5 nitrogen and oxygen atoms in total. The first-order chi connectivity index (χ1) is 9.24. The molecule has 0 saturated heterocycles. The van der Waals surface area contributed by atoms with Gasteiger partial charge < -0.3 is 10.6 Å². The monoisotopic (exact) mass is 258 g/mol. The third-order valence-electron chi connectivity index (χ3n) is 2.79. The van der Waals surface area contributed by atoms with E-state index in [0.29, 0.717) is 11.4 Å². The predicted octanol–water partition coefficient (Wildman–Crippen LogP) is 2.66. The molecule has 0 aliphatic rings. The van der Waals surface area contributed by atoms with Crippen LogP contribution in [-0.4, -0.2) is 22.6 Å². The molecule has 1 heterocycles. The van der Waals surface area contributed by atoms with Gasteiger partial charge in [-0.3, -0.25) is 9.89 Å².